The van der Waals surface area contributed by atoms with Gasteiger partial charge in [0.25, 0.3) is 0 Å². The lowest BCUT2D eigenvalue weighted by atomic mass is 10.1. The summed E-state index contributed by atoms with van der Waals surface area (Å²) in [5, 5.41) is 1.01. The summed E-state index contributed by atoms with van der Waals surface area (Å²) >= 11 is 0. The van der Waals surface area contributed by atoms with Gasteiger partial charge in [-0.1, -0.05) is 36.4 Å². The molecule has 0 spiro atoms. The molecular formula is C15H12O2. The second-order valence-corrected chi connectivity index (χ2v) is 3.85. The highest BCUT2D eigenvalue weighted by Gasteiger charge is 2.09. The molecule has 0 aliphatic heterocycles. The summed E-state index contributed by atoms with van der Waals surface area (Å²) in [6.07, 6.45) is 0. The first-order chi connectivity index (χ1) is 8.38. The first-order valence-electron chi connectivity index (χ1n) is 5.50. The summed E-state index contributed by atoms with van der Waals surface area (Å²) in [4.78, 5) is 0. The third-order valence-corrected chi connectivity index (χ3v) is 2.80. The number of furan rings is 1. The molecule has 2 nitrogen and oxygen atoms in total. The van der Waals surface area contributed by atoms with Gasteiger partial charge in [-0.25, -0.2) is 0 Å². The van der Waals surface area contributed by atoms with Gasteiger partial charge in [0, 0.05) is 5.56 Å². The van der Waals surface area contributed by atoms with E-state index in [2.05, 4.69) is 0 Å². The van der Waals surface area contributed by atoms with Gasteiger partial charge >= 0.3 is 0 Å². The predicted octanol–water partition coefficient (Wildman–Crippen LogP) is 4.11. The highest BCUT2D eigenvalue weighted by Crippen LogP contribution is 2.32. The third kappa shape index (κ3) is 1.68. The minimum absolute atomic E-state index is 0.841. The molecule has 2 heteroatoms. The lowest BCUT2D eigenvalue weighted by Crippen LogP contribution is -1.81. The molecule has 1 heterocycles. The Labute approximate surface area is 99.4 Å². The Morgan fingerprint density at radius 3 is 2.53 bits per heavy atom. The number of methoxy groups -OCH3 is 1. The van der Waals surface area contributed by atoms with Gasteiger partial charge in [0.2, 0.25) is 0 Å². The van der Waals surface area contributed by atoms with Gasteiger partial charge in [-0.3, -0.25) is 0 Å². The van der Waals surface area contributed by atoms with Crippen LogP contribution in [-0.2, 0) is 0 Å². The van der Waals surface area contributed by atoms with Crippen LogP contribution in [0.15, 0.2) is 59.0 Å². The molecule has 0 unspecified atom stereocenters. The first-order valence-corrected chi connectivity index (χ1v) is 5.50. The number of fused-ring (bicyclic) bond motifs is 1. The number of hydrogen-bond donors (Lipinski definition) is 0. The molecule has 0 bridgehead atoms. The maximum absolute atomic E-state index is 5.82. The van der Waals surface area contributed by atoms with Gasteiger partial charge in [-0.2, -0.15) is 0 Å². The molecule has 84 valence electrons. The van der Waals surface area contributed by atoms with Crippen molar-refractivity contribution in [3.63, 3.8) is 0 Å². The highest BCUT2D eigenvalue weighted by atomic mass is 16.5. The van der Waals surface area contributed by atoms with Crippen LogP contribution in [-0.4, -0.2) is 7.11 Å². The average Bonchev–Trinajstić information content (AvgIpc) is 2.83. The van der Waals surface area contributed by atoms with Crippen molar-refractivity contribution in [3.8, 4) is 17.1 Å². The number of rotatable bonds is 2. The van der Waals surface area contributed by atoms with E-state index >= 15 is 0 Å². The summed E-state index contributed by atoms with van der Waals surface area (Å²) < 4.78 is 11.1. The molecule has 0 amide bonds. The smallest absolute Gasteiger partial charge is 0.138 e. The van der Waals surface area contributed by atoms with Crippen LogP contribution in [0.4, 0.5) is 0 Å². The molecule has 0 saturated heterocycles. The maximum atomic E-state index is 5.82. The molecule has 0 saturated carbocycles. The Morgan fingerprint density at radius 2 is 1.76 bits per heavy atom. The molecule has 0 fully saturated rings. The second-order valence-electron chi connectivity index (χ2n) is 3.85. The monoisotopic (exact) mass is 224 g/mol. The molecule has 0 aliphatic carbocycles. The van der Waals surface area contributed by atoms with Crippen molar-refractivity contribution in [1.82, 2.24) is 0 Å². The number of ether oxygens (including phenoxy) is 1. The molecule has 0 atom stereocenters. The van der Waals surface area contributed by atoms with Gasteiger partial charge in [-0.15, -0.1) is 0 Å². The van der Waals surface area contributed by atoms with Gasteiger partial charge in [-0.05, 0) is 18.2 Å². The van der Waals surface area contributed by atoms with E-state index in [0.29, 0.717) is 0 Å². The van der Waals surface area contributed by atoms with Gasteiger partial charge < -0.3 is 9.15 Å². The molecular weight excluding hydrogens is 212 g/mol. The molecule has 17 heavy (non-hydrogen) atoms. The fraction of sp³-hybridized carbons (Fsp3) is 0.0667. The molecule has 0 N–H and O–H groups in total. The normalized spacial score (nSPS) is 10.6. The van der Waals surface area contributed by atoms with E-state index in [4.69, 9.17) is 9.15 Å². The van der Waals surface area contributed by atoms with Crippen molar-refractivity contribution in [2.24, 2.45) is 0 Å². The SMILES string of the molecule is COc1cccc2oc(-c3ccccc3)cc12. The fourth-order valence-corrected chi connectivity index (χ4v) is 1.96. The molecule has 3 rings (SSSR count). The van der Waals surface area contributed by atoms with Crippen LogP contribution in [0.1, 0.15) is 0 Å². The number of hydrogen-bond acceptors (Lipinski definition) is 2. The standard InChI is InChI=1S/C15H12O2/c1-16-13-8-5-9-14-12(13)10-15(17-14)11-6-3-2-4-7-11/h2-10H,1H3. The van der Waals surface area contributed by atoms with Gasteiger partial charge in [0.05, 0.1) is 12.5 Å². The summed E-state index contributed by atoms with van der Waals surface area (Å²) in [5.41, 5.74) is 1.92. The fourth-order valence-electron chi connectivity index (χ4n) is 1.96. The van der Waals surface area contributed by atoms with Crippen molar-refractivity contribution in [2.45, 2.75) is 0 Å². The number of benzene rings is 2. The van der Waals surface area contributed by atoms with Crippen LogP contribution in [0.25, 0.3) is 22.3 Å². The van der Waals surface area contributed by atoms with Crippen molar-refractivity contribution in [1.29, 1.82) is 0 Å². The zero-order valence-corrected chi connectivity index (χ0v) is 9.51. The Bertz CT molecular complexity index is 638. The van der Waals surface area contributed by atoms with Crippen LogP contribution < -0.4 is 4.74 Å². The summed E-state index contributed by atoms with van der Waals surface area (Å²) in [5.74, 6) is 1.71. The molecule has 1 aromatic heterocycles. The highest BCUT2D eigenvalue weighted by molar-refractivity contribution is 5.88. The van der Waals surface area contributed by atoms with Crippen LogP contribution in [0.2, 0.25) is 0 Å². The first kappa shape index (κ1) is 9.97. The van der Waals surface area contributed by atoms with Crippen LogP contribution in [0, 0.1) is 0 Å². The molecule has 0 radical (unpaired) electrons. The van der Waals surface area contributed by atoms with E-state index in [1.165, 1.54) is 0 Å². The van der Waals surface area contributed by atoms with Gasteiger partial charge in [0.15, 0.2) is 0 Å². The zero-order chi connectivity index (χ0) is 11.7. The lowest BCUT2D eigenvalue weighted by Gasteiger charge is -1.98. The van der Waals surface area contributed by atoms with E-state index in [1.807, 2.05) is 54.6 Å². The van der Waals surface area contributed by atoms with E-state index in [-0.39, 0.29) is 0 Å². The minimum atomic E-state index is 0.841. The Morgan fingerprint density at radius 1 is 0.941 bits per heavy atom. The maximum Gasteiger partial charge on any atom is 0.138 e. The zero-order valence-electron chi connectivity index (χ0n) is 9.51. The molecule has 2 aromatic carbocycles. The van der Waals surface area contributed by atoms with Crippen molar-refractivity contribution in [3.05, 3.63) is 54.6 Å². The third-order valence-electron chi connectivity index (χ3n) is 2.80. The van der Waals surface area contributed by atoms with Crippen LogP contribution in [0.5, 0.6) is 5.75 Å². The Kier molecular flexibility index (Phi) is 2.33. The van der Waals surface area contributed by atoms with Crippen molar-refractivity contribution < 1.29 is 9.15 Å². The molecule has 3 aromatic rings. The topological polar surface area (TPSA) is 22.4 Å². The van der Waals surface area contributed by atoms with Crippen LogP contribution >= 0.6 is 0 Å². The van der Waals surface area contributed by atoms with Crippen molar-refractivity contribution in [2.75, 3.05) is 7.11 Å². The summed E-state index contributed by atoms with van der Waals surface area (Å²) in [7, 11) is 1.67. The Balaban J connectivity index is 2.20. The summed E-state index contributed by atoms with van der Waals surface area (Å²) in [6, 6.07) is 17.9. The minimum Gasteiger partial charge on any atom is -0.496 e. The van der Waals surface area contributed by atoms with E-state index in [1.54, 1.807) is 7.11 Å². The lowest BCUT2D eigenvalue weighted by molar-refractivity contribution is 0.419. The predicted molar refractivity (Wildman–Crippen MR) is 68.2 cm³/mol. The molecule has 0 aliphatic rings. The quantitative estimate of drug-likeness (QED) is 0.653. The summed E-state index contributed by atoms with van der Waals surface area (Å²) in [6.45, 7) is 0. The van der Waals surface area contributed by atoms with E-state index < -0.39 is 0 Å². The average molecular weight is 224 g/mol. The Hall–Kier alpha value is -2.22. The largest absolute Gasteiger partial charge is 0.496 e. The van der Waals surface area contributed by atoms with E-state index in [0.717, 1.165) is 28.0 Å². The second kappa shape index (κ2) is 3.98. The van der Waals surface area contributed by atoms with Crippen LogP contribution in [0.3, 0.4) is 0 Å². The van der Waals surface area contributed by atoms with Gasteiger partial charge in [0.1, 0.15) is 17.1 Å². The van der Waals surface area contributed by atoms with Crippen molar-refractivity contribution >= 4 is 11.0 Å². The van der Waals surface area contributed by atoms with E-state index in [9.17, 15) is 0 Å².